The van der Waals surface area contributed by atoms with Crippen LogP contribution < -0.4 is 5.32 Å². The molecule has 0 unspecified atom stereocenters. The van der Waals surface area contributed by atoms with E-state index in [1.807, 2.05) is 0 Å². The molecule has 2 nitrogen and oxygen atoms in total. The summed E-state index contributed by atoms with van der Waals surface area (Å²) in [5, 5.41) is 3.77. The summed E-state index contributed by atoms with van der Waals surface area (Å²) in [6, 6.07) is 1.77. The molecule has 0 heterocycles. The van der Waals surface area contributed by atoms with Gasteiger partial charge in [0.1, 0.15) is 0 Å². The molecule has 2 aliphatic carbocycles. The van der Waals surface area contributed by atoms with Crippen molar-refractivity contribution in [1.29, 1.82) is 0 Å². The molecule has 0 saturated heterocycles. The minimum Gasteiger partial charge on any atom is -0.314 e. The minimum atomic E-state index is 0.832. The number of hydrogen-bond donors (Lipinski definition) is 1. The molecule has 0 amide bonds. The fraction of sp³-hybridized carbons (Fsp3) is 1.00. The van der Waals surface area contributed by atoms with E-state index in [2.05, 4.69) is 24.1 Å². The van der Waals surface area contributed by atoms with Crippen molar-refractivity contribution in [3.8, 4) is 0 Å². The van der Waals surface area contributed by atoms with E-state index in [0.717, 1.165) is 18.0 Å². The van der Waals surface area contributed by atoms with Crippen LogP contribution in [0.15, 0.2) is 0 Å². The maximum Gasteiger partial charge on any atom is 0.00964 e. The third kappa shape index (κ3) is 6.27. The Morgan fingerprint density at radius 1 is 1.00 bits per heavy atom. The van der Waals surface area contributed by atoms with Crippen LogP contribution in [0.3, 0.4) is 0 Å². The molecule has 2 rings (SSSR count). The summed E-state index contributed by atoms with van der Waals surface area (Å²) in [7, 11) is 0. The lowest BCUT2D eigenvalue weighted by Gasteiger charge is -2.25. The molecule has 2 saturated carbocycles. The van der Waals surface area contributed by atoms with Gasteiger partial charge >= 0.3 is 0 Å². The molecule has 2 aliphatic rings. The van der Waals surface area contributed by atoms with Gasteiger partial charge < -0.3 is 10.2 Å². The minimum absolute atomic E-state index is 0.832. The van der Waals surface area contributed by atoms with Crippen molar-refractivity contribution in [3.63, 3.8) is 0 Å². The zero-order chi connectivity index (χ0) is 13.5. The van der Waals surface area contributed by atoms with Crippen molar-refractivity contribution in [1.82, 2.24) is 10.2 Å². The summed E-state index contributed by atoms with van der Waals surface area (Å²) in [5.74, 6) is 0.849. The lowest BCUT2D eigenvalue weighted by Crippen LogP contribution is -2.35. The SMILES string of the molecule is CC(C)CCN(CCCNC1CCCCC1)C1CC1. The lowest BCUT2D eigenvalue weighted by atomic mass is 9.95. The quantitative estimate of drug-likeness (QED) is 0.638. The van der Waals surface area contributed by atoms with Gasteiger partial charge in [-0.05, 0) is 64.1 Å². The summed E-state index contributed by atoms with van der Waals surface area (Å²) < 4.78 is 0. The van der Waals surface area contributed by atoms with Crippen LogP contribution in [0.1, 0.15) is 71.6 Å². The normalized spacial score (nSPS) is 21.5. The molecule has 0 aromatic rings. The summed E-state index contributed by atoms with van der Waals surface area (Å²) in [5.41, 5.74) is 0. The average molecular weight is 266 g/mol. The monoisotopic (exact) mass is 266 g/mol. The molecule has 112 valence electrons. The van der Waals surface area contributed by atoms with Crippen molar-refractivity contribution >= 4 is 0 Å². The Bertz CT molecular complexity index is 229. The molecular weight excluding hydrogens is 232 g/mol. The first kappa shape index (κ1) is 15.3. The Morgan fingerprint density at radius 3 is 2.37 bits per heavy atom. The average Bonchev–Trinajstić information content (AvgIpc) is 3.23. The summed E-state index contributed by atoms with van der Waals surface area (Å²) in [4.78, 5) is 2.75. The van der Waals surface area contributed by atoms with Gasteiger partial charge in [-0.15, -0.1) is 0 Å². The van der Waals surface area contributed by atoms with Crippen molar-refractivity contribution in [2.45, 2.75) is 83.7 Å². The molecule has 2 fully saturated rings. The number of nitrogens with one attached hydrogen (secondary N) is 1. The first-order valence-corrected chi connectivity index (χ1v) is 8.73. The van der Waals surface area contributed by atoms with Crippen molar-refractivity contribution in [2.24, 2.45) is 5.92 Å². The first-order chi connectivity index (χ1) is 9.25. The van der Waals surface area contributed by atoms with Crippen LogP contribution in [0, 0.1) is 5.92 Å². The summed E-state index contributed by atoms with van der Waals surface area (Å²) in [6.45, 7) is 8.56. The van der Waals surface area contributed by atoms with E-state index in [9.17, 15) is 0 Å². The van der Waals surface area contributed by atoms with Crippen molar-refractivity contribution in [2.75, 3.05) is 19.6 Å². The molecule has 0 aliphatic heterocycles. The maximum atomic E-state index is 3.77. The molecule has 0 atom stereocenters. The summed E-state index contributed by atoms with van der Waals surface area (Å²) in [6.07, 6.45) is 12.8. The highest BCUT2D eigenvalue weighted by molar-refractivity contribution is 4.84. The lowest BCUT2D eigenvalue weighted by molar-refractivity contribution is 0.241. The second-order valence-corrected chi connectivity index (χ2v) is 7.09. The molecule has 0 aromatic carbocycles. The molecule has 1 N–H and O–H groups in total. The van der Waals surface area contributed by atoms with Crippen LogP contribution in [0.25, 0.3) is 0 Å². The van der Waals surface area contributed by atoms with Gasteiger partial charge in [0.15, 0.2) is 0 Å². The molecule has 19 heavy (non-hydrogen) atoms. The predicted molar refractivity (Wildman–Crippen MR) is 83.5 cm³/mol. The van der Waals surface area contributed by atoms with E-state index >= 15 is 0 Å². The van der Waals surface area contributed by atoms with E-state index in [4.69, 9.17) is 0 Å². The van der Waals surface area contributed by atoms with Gasteiger partial charge in [-0.1, -0.05) is 33.1 Å². The van der Waals surface area contributed by atoms with Crippen molar-refractivity contribution < 1.29 is 0 Å². The van der Waals surface area contributed by atoms with Crippen molar-refractivity contribution in [3.05, 3.63) is 0 Å². The van der Waals surface area contributed by atoms with Gasteiger partial charge in [-0.25, -0.2) is 0 Å². The Kier molecular flexibility index (Phi) is 6.66. The van der Waals surface area contributed by atoms with Gasteiger partial charge in [-0.3, -0.25) is 0 Å². The molecule has 0 bridgehead atoms. The third-order valence-electron chi connectivity index (χ3n) is 4.72. The third-order valence-corrected chi connectivity index (χ3v) is 4.72. The maximum absolute atomic E-state index is 3.77. The zero-order valence-electron chi connectivity index (χ0n) is 13.2. The Morgan fingerprint density at radius 2 is 1.74 bits per heavy atom. The van der Waals surface area contributed by atoms with E-state index in [0.29, 0.717) is 0 Å². The van der Waals surface area contributed by atoms with Crippen LogP contribution in [0.2, 0.25) is 0 Å². The molecule has 0 spiro atoms. The van der Waals surface area contributed by atoms with Gasteiger partial charge in [-0.2, -0.15) is 0 Å². The van der Waals surface area contributed by atoms with E-state index < -0.39 is 0 Å². The van der Waals surface area contributed by atoms with Gasteiger partial charge in [0.25, 0.3) is 0 Å². The highest BCUT2D eigenvalue weighted by Crippen LogP contribution is 2.27. The highest BCUT2D eigenvalue weighted by atomic mass is 15.2. The molecular formula is C17H34N2. The Labute approximate surface area is 120 Å². The fourth-order valence-corrected chi connectivity index (χ4v) is 3.24. The fourth-order valence-electron chi connectivity index (χ4n) is 3.24. The van der Waals surface area contributed by atoms with E-state index in [-0.39, 0.29) is 0 Å². The van der Waals surface area contributed by atoms with Crippen LogP contribution in [0.5, 0.6) is 0 Å². The Balaban J connectivity index is 1.54. The first-order valence-electron chi connectivity index (χ1n) is 8.73. The number of hydrogen-bond acceptors (Lipinski definition) is 2. The number of nitrogens with zero attached hydrogens (tertiary/aromatic N) is 1. The van der Waals surface area contributed by atoms with Crippen LogP contribution in [0.4, 0.5) is 0 Å². The summed E-state index contributed by atoms with van der Waals surface area (Å²) >= 11 is 0. The van der Waals surface area contributed by atoms with E-state index in [1.165, 1.54) is 77.4 Å². The standard InChI is InChI=1S/C17H34N2/c1-15(2)11-14-19(17-9-10-17)13-6-12-18-16-7-4-3-5-8-16/h15-18H,3-14H2,1-2H3. The largest absolute Gasteiger partial charge is 0.314 e. The second kappa shape index (κ2) is 8.26. The number of rotatable bonds is 9. The zero-order valence-corrected chi connectivity index (χ0v) is 13.2. The molecule has 0 aromatic heterocycles. The predicted octanol–water partition coefficient (Wildman–Crippen LogP) is 3.81. The van der Waals surface area contributed by atoms with Crippen LogP contribution in [-0.4, -0.2) is 36.6 Å². The van der Waals surface area contributed by atoms with Crippen LogP contribution in [-0.2, 0) is 0 Å². The topological polar surface area (TPSA) is 15.3 Å². The Hall–Kier alpha value is -0.0800. The van der Waals surface area contributed by atoms with Gasteiger partial charge in [0.05, 0.1) is 0 Å². The second-order valence-electron chi connectivity index (χ2n) is 7.09. The smallest absolute Gasteiger partial charge is 0.00964 e. The van der Waals surface area contributed by atoms with Crippen LogP contribution >= 0.6 is 0 Å². The van der Waals surface area contributed by atoms with E-state index in [1.54, 1.807) is 0 Å². The molecule has 0 radical (unpaired) electrons. The van der Waals surface area contributed by atoms with Gasteiger partial charge in [0, 0.05) is 12.1 Å². The highest BCUT2D eigenvalue weighted by Gasteiger charge is 2.28. The van der Waals surface area contributed by atoms with Gasteiger partial charge in [0.2, 0.25) is 0 Å². The molecule has 2 heteroatoms.